The van der Waals surface area contributed by atoms with Crippen molar-refractivity contribution in [1.82, 2.24) is 0 Å². The number of carbonyl (C=O) groups excluding carboxylic acids is 3. The molecule has 0 heterocycles. The van der Waals surface area contributed by atoms with Crippen LogP contribution < -0.4 is 0 Å². The van der Waals surface area contributed by atoms with Gasteiger partial charge in [0, 0.05) is 19.3 Å². The predicted molar refractivity (Wildman–Crippen MR) is 361 cm³/mol. The molecule has 0 aliphatic rings. The molecule has 0 radical (unpaired) electrons. The lowest BCUT2D eigenvalue weighted by molar-refractivity contribution is -0.167. The maximum absolute atomic E-state index is 12.9. The maximum Gasteiger partial charge on any atom is 0.306 e. The molecule has 0 rings (SSSR count). The summed E-state index contributed by atoms with van der Waals surface area (Å²) >= 11 is 0. The average molecular weight is 1140 g/mol. The van der Waals surface area contributed by atoms with Crippen LogP contribution in [0.2, 0.25) is 0 Å². The standard InChI is InChI=1S/C77H120O6/c1-4-7-10-13-16-19-22-24-26-28-30-32-34-36-37-38-39-41-42-44-46-48-50-52-55-58-61-64-67-70-76(79)82-73-74(72-81-75(78)69-66-63-60-57-54-21-18-15-12-9-6-3)83-77(80)71-68-65-62-59-56-53-51-49-47-45-43-40-35-33-31-29-27-25-23-20-17-14-11-8-5-2/h7-8,10-11,15-20,24-27,30-33,36-37,39-41,43-44,46,50,52,58,61,74H,4-6,9,12-14,21-23,28-29,34-35,38,42,45,47-49,51,53-57,59-60,62-73H2,1-3H3/b10-7-,11-8-,18-15-,19-16-,20-17-,26-24-,27-25-,32-30-,33-31-,37-36-,41-39-,43-40-,46-44-,52-50-,61-58-. The van der Waals surface area contributed by atoms with Crippen LogP contribution in [0.4, 0.5) is 0 Å². The third-order valence-electron chi connectivity index (χ3n) is 13.4. The van der Waals surface area contributed by atoms with E-state index >= 15 is 0 Å². The molecule has 0 aromatic carbocycles. The Labute approximate surface area is 510 Å². The van der Waals surface area contributed by atoms with Crippen molar-refractivity contribution in [3.8, 4) is 0 Å². The first kappa shape index (κ1) is 77.5. The molecule has 1 unspecified atom stereocenters. The van der Waals surface area contributed by atoms with E-state index in [0.717, 1.165) is 154 Å². The van der Waals surface area contributed by atoms with Gasteiger partial charge in [-0.15, -0.1) is 0 Å². The summed E-state index contributed by atoms with van der Waals surface area (Å²) in [6.07, 6.45) is 103. The van der Waals surface area contributed by atoms with Gasteiger partial charge in [-0.2, -0.15) is 0 Å². The van der Waals surface area contributed by atoms with Crippen LogP contribution in [0.5, 0.6) is 0 Å². The van der Waals surface area contributed by atoms with E-state index in [0.29, 0.717) is 19.3 Å². The van der Waals surface area contributed by atoms with Crippen LogP contribution in [-0.2, 0) is 28.6 Å². The fourth-order valence-electron chi connectivity index (χ4n) is 8.45. The lowest BCUT2D eigenvalue weighted by atomic mass is 10.1. The number of allylic oxidation sites excluding steroid dienone is 30. The van der Waals surface area contributed by atoms with Crippen LogP contribution >= 0.6 is 0 Å². The van der Waals surface area contributed by atoms with E-state index in [2.05, 4.69) is 203 Å². The smallest absolute Gasteiger partial charge is 0.306 e. The van der Waals surface area contributed by atoms with Gasteiger partial charge in [-0.05, 0) is 148 Å². The summed E-state index contributed by atoms with van der Waals surface area (Å²) in [5, 5.41) is 0. The third-order valence-corrected chi connectivity index (χ3v) is 13.4. The molecule has 1 atom stereocenters. The summed E-state index contributed by atoms with van der Waals surface area (Å²) in [5.74, 6) is -0.995. The summed E-state index contributed by atoms with van der Waals surface area (Å²) in [6, 6.07) is 0. The van der Waals surface area contributed by atoms with Crippen molar-refractivity contribution >= 4 is 17.9 Å². The minimum atomic E-state index is -0.819. The van der Waals surface area contributed by atoms with E-state index in [1.54, 1.807) is 0 Å². The number of carbonyl (C=O) groups is 3. The molecule has 0 fully saturated rings. The van der Waals surface area contributed by atoms with Gasteiger partial charge in [0.25, 0.3) is 0 Å². The lowest BCUT2D eigenvalue weighted by Crippen LogP contribution is -2.30. The van der Waals surface area contributed by atoms with Crippen LogP contribution in [-0.4, -0.2) is 37.2 Å². The van der Waals surface area contributed by atoms with Crippen molar-refractivity contribution in [3.05, 3.63) is 182 Å². The van der Waals surface area contributed by atoms with Gasteiger partial charge in [0.05, 0.1) is 0 Å². The largest absolute Gasteiger partial charge is 0.462 e. The molecule has 0 aromatic heterocycles. The first-order valence-electron chi connectivity index (χ1n) is 33.3. The highest BCUT2D eigenvalue weighted by Gasteiger charge is 2.19. The summed E-state index contributed by atoms with van der Waals surface area (Å²) in [4.78, 5) is 38.3. The second-order valence-electron chi connectivity index (χ2n) is 21.3. The Kier molecular flexibility index (Phi) is 64.4. The van der Waals surface area contributed by atoms with Gasteiger partial charge in [0.15, 0.2) is 6.10 Å². The average Bonchev–Trinajstić information content (AvgIpc) is 3.48. The van der Waals surface area contributed by atoms with E-state index in [9.17, 15) is 14.4 Å². The molecule has 0 aliphatic heterocycles. The third kappa shape index (κ3) is 67.2. The summed E-state index contributed by atoms with van der Waals surface area (Å²) in [7, 11) is 0. The Balaban J connectivity index is 4.43. The topological polar surface area (TPSA) is 78.9 Å². The summed E-state index contributed by atoms with van der Waals surface area (Å²) in [6.45, 7) is 6.31. The van der Waals surface area contributed by atoms with Crippen LogP contribution in [0, 0.1) is 0 Å². The molecule has 0 aliphatic carbocycles. The Bertz CT molecular complexity index is 1940. The molecule has 0 bridgehead atoms. The van der Waals surface area contributed by atoms with Crippen LogP contribution in [0.3, 0.4) is 0 Å². The SMILES string of the molecule is CC/C=C\C/C=C\C/C=C\C/C=C\C/C=C\C/C=C\C/C=C\C/C=C\C/C=C\CCCC(=O)OCC(COC(=O)CCCCCCC/C=C\CCCC)OC(=O)CCCCCCCCCCC/C=C\C/C=C\C/C=C\C/C=C\C/C=C\CC. The molecular weight excluding hydrogens is 1020 g/mol. The van der Waals surface area contributed by atoms with E-state index in [-0.39, 0.29) is 37.5 Å². The van der Waals surface area contributed by atoms with Crippen LogP contribution in [0.25, 0.3) is 0 Å². The molecule has 0 N–H and O–H groups in total. The minimum absolute atomic E-state index is 0.111. The van der Waals surface area contributed by atoms with Crippen molar-refractivity contribution in [2.75, 3.05) is 13.2 Å². The molecule has 6 nitrogen and oxygen atoms in total. The fraction of sp³-hybridized carbons (Fsp3) is 0.571. The summed E-state index contributed by atoms with van der Waals surface area (Å²) < 4.78 is 16.8. The maximum atomic E-state index is 12.9. The van der Waals surface area contributed by atoms with Crippen molar-refractivity contribution in [2.45, 2.75) is 271 Å². The van der Waals surface area contributed by atoms with E-state index in [4.69, 9.17) is 14.2 Å². The number of hydrogen-bond donors (Lipinski definition) is 0. The van der Waals surface area contributed by atoms with Gasteiger partial charge in [-0.25, -0.2) is 0 Å². The lowest BCUT2D eigenvalue weighted by Gasteiger charge is -2.18. The van der Waals surface area contributed by atoms with E-state index in [1.165, 1.54) is 64.2 Å². The minimum Gasteiger partial charge on any atom is -0.462 e. The van der Waals surface area contributed by atoms with Gasteiger partial charge in [-0.3, -0.25) is 14.4 Å². The van der Waals surface area contributed by atoms with E-state index < -0.39 is 6.10 Å². The molecule has 83 heavy (non-hydrogen) atoms. The van der Waals surface area contributed by atoms with Gasteiger partial charge in [-0.1, -0.05) is 280 Å². The molecule has 6 heteroatoms. The van der Waals surface area contributed by atoms with Gasteiger partial charge in [0.1, 0.15) is 13.2 Å². The van der Waals surface area contributed by atoms with E-state index in [1.807, 2.05) is 0 Å². The Morgan fingerprint density at radius 2 is 0.482 bits per heavy atom. The predicted octanol–water partition coefficient (Wildman–Crippen LogP) is 23.2. The number of ether oxygens (including phenoxy) is 3. The van der Waals surface area contributed by atoms with Crippen molar-refractivity contribution in [2.24, 2.45) is 0 Å². The number of esters is 3. The second-order valence-corrected chi connectivity index (χ2v) is 21.3. The molecular formula is C77H120O6. The molecule has 0 saturated heterocycles. The highest BCUT2D eigenvalue weighted by Crippen LogP contribution is 2.14. The molecule has 0 spiro atoms. The highest BCUT2D eigenvalue weighted by molar-refractivity contribution is 5.71. The second kappa shape index (κ2) is 69.0. The zero-order valence-corrected chi connectivity index (χ0v) is 53.1. The van der Waals surface area contributed by atoms with Crippen molar-refractivity contribution in [3.63, 3.8) is 0 Å². The fourth-order valence-corrected chi connectivity index (χ4v) is 8.45. The van der Waals surface area contributed by atoms with Gasteiger partial charge < -0.3 is 14.2 Å². The normalized spacial score (nSPS) is 13.3. The monoisotopic (exact) mass is 1140 g/mol. The van der Waals surface area contributed by atoms with Gasteiger partial charge >= 0.3 is 17.9 Å². The van der Waals surface area contributed by atoms with Crippen LogP contribution in [0.1, 0.15) is 265 Å². The number of rotatable bonds is 58. The molecule has 464 valence electrons. The Hall–Kier alpha value is -5.49. The molecule has 0 aromatic rings. The molecule has 0 saturated carbocycles. The first-order valence-corrected chi connectivity index (χ1v) is 33.3. The zero-order chi connectivity index (χ0) is 59.9. The zero-order valence-electron chi connectivity index (χ0n) is 53.1. The van der Waals surface area contributed by atoms with Crippen LogP contribution in [0.15, 0.2) is 182 Å². The summed E-state index contributed by atoms with van der Waals surface area (Å²) in [5.41, 5.74) is 0. The van der Waals surface area contributed by atoms with Crippen molar-refractivity contribution in [1.29, 1.82) is 0 Å². The van der Waals surface area contributed by atoms with Crippen molar-refractivity contribution < 1.29 is 28.6 Å². The first-order chi connectivity index (χ1) is 41.0. The number of hydrogen-bond acceptors (Lipinski definition) is 6. The highest BCUT2D eigenvalue weighted by atomic mass is 16.6. The Morgan fingerprint density at radius 3 is 0.795 bits per heavy atom. The molecule has 0 amide bonds. The number of unbranched alkanes of at least 4 members (excludes halogenated alkanes) is 17. The van der Waals surface area contributed by atoms with Gasteiger partial charge in [0.2, 0.25) is 0 Å². The quantitative estimate of drug-likeness (QED) is 0.0261. The Morgan fingerprint density at radius 1 is 0.253 bits per heavy atom.